The molecule has 3 N–H and O–H groups in total. The smallest absolute Gasteiger partial charge is 0.243 e. The Labute approximate surface area is 180 Å². The fourth-order valence-corrected chi connectivity index (χ4v) is 6.11. The first-order chi connectivity index (χ1) is 14.8. The van der Waals surface area contributed by atoms with E-state index in [-0.39, 0.29) is 16.7 Å². The number of nitrogens with zero attached hydrogens (tertiary/aromatic N) is 4. The van der Waals surface area contributed by atoms with Gasteiger partial charge in [-0.15, -0.1) is 0 Å². The zero-order valence-corrected chi connectivity index (χ0v) is 18.0. The number of hydrogen-bond acceptors (Lipinski definition) is 6. The highest BCUT2D eigenvalue weighted by Crippen LogP contribution is 2.34. The highest BCUT2D eigenvalue weighted by atomic mass is 32.2. The molecule has 0 spiro atoms. The molecule has 1 saturated heterocycles. The molecule has 4 heterocycles. The number of sulfonamides is 1. The molecule has 1 unspecified atom stereocenters. The predicted octanol–water partition coefficient (Wildman–Crippen LogP) is 2.02. The van der Waals surface area contributed by atoms with Gasteiger partial charge in [0.05, 0.1) is 10.3 Å². The molecule has 162 valence electrons. The summed E-state index contributed by atoms with van der Waals surface area (Å²) in [6, 6.07) is 8.86. The van der Waals surface area contributed by atoms with Crippen molar-refractivity contribution in [3.8, 4) is 0 Å². The molecular formula is C21H24N6O3S. The summed E-state index contributed by atoms with van der Waals surface area (Å²) in [5, 5.41) is 7.59. The van der Waals surface area contributed by atoms with E-state index in [4.69, 9.17) is 5.73 Å². The number of fused-ring (bicyclic) bond motifs is 2. The number of nitrogens with one attached hydrogen (secondary N) is 1. The zero-order valence-electron chi connectivity index (χ0n) is 17.2. The minimum absolute atomic E-state index is 0.00271. The molecule has 1 atom stereocenters. The molecule has 5 rings (SSSR count). The van der Waals surface area contributed by atoms with Crippen molar-refractivity contribution in [2.75, 3.05) is 30.3 Å². The molecule has 1 fully saturated rings. The average Bonchev–Trinajstić information content (AvgIpc) is 3.40. The van der Waals surface area contributed by atoms with Gasteiger partial charge in [0, 0.05) is 43.9 Å². The first-order valence-corrected chi connectivity index (χ1v) is 11.8. The summed E-state index contributed by atoms with van der Waals surface area (Å²) in [6.45, 7) is 3.01. The molecule has 3 aromatic rings. The maximum absolute atomic E-state index is 13.3. The van der Waals surface area contributed by atoms with Crippen LogP contribution in [0.15, 0.2) is 35.2 Å². The van der Waals surface area contributed by atoms with E-state index in [2.05, 4.69) is 15.2 Å². The molecule has 0 radical (unpaired) electrons. The number of aryl methyl sites for hydroxylation is 1. The average molecular weight is 441 g/mol. The highest BCUT2D eigenvalue weighted by Gasteiger charge is 2.35. The number of aromatic amines is 1. The summed E-state index contributed by atoms with van der Waals surface area (Å²) < 4.78 is 28.2. The molecule has 0 saturated carbocycles. The fraction of sp³-hybridized carbons (Fsp3) is 0.381. The van der Waals surface area contributed by atoms with Crippen molar-refractivity contribution < 1.29 is 13.2 Å². The third-order valence-corrected chi connectivity index (χ3v) is 8.09. The Hall–Kier alpha value is -2.98. The van der Waals surface area contributed by atoms with Gasteiger partial charge in [-0.3, -0.25) is 9.89 Å². The number of benzene rings is 1. The van der Waals surface area contributed by atoms with Crippen LogP contribution in [0.25, 0.3) is 11.0 Å². The van der Waals surface area contributed by atoms with Crippen molar-refractivity contribution >= 4 is 38.5 Å². The van der Waals surface area contributed by atoms with E-state index in [1.807, 2.05) is 12.1 Å². The number of pyridine rings is 1. The SMILES string of the molecule is CC(=O)N1CCCc2cc(S(=O)(=O)N3CCC(c4ccc5c(N)[nH]nc5n4)C3)ccc21. The number of nitrogens with two attached hydrogens (primary N) is 1. The van der Waals surface area contributed by atoms with Crippen molar-refractivity contribution in [2.45, 2.75) is 37.0 Å². The molecule has 0 aliphatic carbocycles. The summed E-state index contributed by atoms with van der Waals surface area (Å²) >= 11 is 0. The van der Waals surface area contributed by atoms with Gasteiger partial charge in [0.1, 0.15) is 5.82 Å². The molecule has 2 aliphatic rings. The molecular weight excluding hydrogens is 416 g/mol. The number of aromatic nitrogens is 3. The van der Waals surface area contributed by atoms with Crippen LogP contribution in [0.4, 0.5) is 11.5 Å². The third-order valence-electron chi connectivity index (χ3n) is 6.23. The van der Waals surface area contributed by atoms with E-state index in [0.29, 0.717) is 37.5 Å². The van der Waals surface area contributed by atoms with Gasteiger partial charge in [0.15, 0.2) is 5.65 Å². The van der Waals surface area contributed by atoms with Gasteiger partial charge in [-0.1, -0.05) is 0 Å². The number of amides is 1. The molecule has 1 amide bonds. The Morgan fingerprint density at radius 1 is 1.23 bits per heavy atom. The maximum atomic E-state index is 13.3. The Kier molecular flexibility index (Phi) is 4.71. The second-order valence-corrected chi connectivity index (χ2v) is 10.1. The van der Waals surface area contributed by atoms with Crippen LogP contribution in [-0.2, 0) is 21.2 Å². The van der Waals surface area contributed by atoms with Crippen molar-refractivity contribution in [1.82, 2.24) is 19.5 Å². The van der Waals surface area contributed by atoms with Crippen molar-refractivity contribution in [3.05, 3.63) is 41.6 Å². The predicted molar refractivity (Wildman–Crippen MR) is 117 cm³/mol. The molecule has 0 bridgehead atoms. The number of carbonyl (C=O) groups excluding carboxylic acids is 1. The van der Waals surface area contributed by atoms with E-state index in [1.165, 1.54) is 11.2 Å². The van der Waals surface area contributed by atoms with Crippen LogP contribution in [0.5, 0.6) is 0 Å². The van der Waals surface area contributed by atoms with E-state index < -0.39 is 10.0 Å². The lowest BCUT2D eigenvalue weighted by molar-refractivity contribution is -0.116. The van der Waals surface area contributed by atoms with Gasteiger partial charge in [0.2, 0.25) is 15.9 Å². The van der Waals surface area contributed by atoms with Crippen LogP contribution in [-0.4, -0.2) is 53.4 Å². The topological polar surface area (TPSA) is 125 Å². The Morgan fingerprint density at radius 2 is 2.06 bits per heavy atom. The summed E-state index contributed by atoms with van der Waals surface area (Å²) in [4.78, 5) is 18.4. The Morgan fingerprint density at radius 3 is 2.87 bits per heavy atom. The van der Waals surface area contributed by atoms with Crippen molar-refractivity contribution in [1.29, 1.82) is 0 Å². The van der Waals surface area contributed by atoms with E-state index >= 15 is 0 Å². The third kappa shape index (κ3) is 3.35. The molecule has 31 heavy (non-hydrogen) atoms. The fourth-order valence-electron chi connectivity index (χ4n) is 4.56. The number of carbonyl (C=O) groups is 1. The molecule has 2 aromatic heterocycles. The molecule has 2 aliphatic heterocycles. The summed E-state index contributed by atoms with van der Waals surface area (Å²) in [7, 11) is -3.63. The van der Waals surface area contributed by atoms with Crippen LogP contribution in [0, 0.1) is 0 Å². The van der Waals surface area contributed by atoms with E-state index in [9.17, 15) is 13.2 Å². The van der Waals surface area contributed by atoms with Crippen molar-refractivity contribution in [3.63, 3.8) is 0 Å². The van der Waals surface area contributed by atoms with Crippen molar-refractivity contribution in [2.24, 2.45) is 0 Å². The Bertz CT molecular complexity index is 1290. The number of rotatable bonds is 3. The monoisotopic (exact) mass is 440 g/mol. The first kappa shape index (κ1) is 20.0. The number of H-pyrrole nitrogens is 1. The Balaban J connectivity index is 1.39. The maximum Gasteiger partial charge on any atom is 0.243 e. The minimum atomic E-state index is -3.63. The second kappa shape index (κ2) is 7.31. The number of hydrogen-bond donors (Lipinski definition) is 2. The van der Waals surface area contributed by atoms with Gasteiger partial charge >= 0.3 is 0 Å². The van der Waals surface area contributed by atoms with Gasteiger partial charge in [0.25, 0.3) is 0 Å². The number of anilines is 2. The second-order valence-electron chi connectivity index (χ2n) is 8.16. The van der Waals surface area contributed by atoms with Gasteiger partial charge in [-0.2, -0.15) is 9.40 Å². The van der Waals surface area contributed by atoms with E-state index in [1.54, 1.807) is 23.1 Å². The lowest BCUT2D eigenvalue weighted by atomic mass is 10.0. The normalized spacial score (nSPS) is 19.6. The van der Waals surface area contributed by atoms with E-state index in [0.717, 1.165) is 35.2 Å². The first-order valence-electron chi connectivity index (χ1n) is 10.4. The summed E-state index contributed by atoms with van der Waals surface area (Å²) in [6.07, 6.45) is 2.29. The molecule has 1 aromatic carbocycles. The lowest BCUT2D eigenvalue weighted by Gasteiger charge is -2.29. The van der Waals surface area contributed by atoms with Crippen LogP contribution in [0.2, 0.25) is 0 Å². The number of nitrogen functional groups attached to an aromatic ring is 1. The zero-order chi connectivity index (χ0) is 21.8. The lowest BCUT2D eigenvalue weighted by Crippen LogP contribution is -2.34. The molecule has 10 heteroatoms. The minimum Gasteiger partial charge on any atom is -0.384 e. The standard InChI is InChI=1S/C21H24N6O3S/c1-13(28)27-9-2-3-14-11-16(4-7-19(14)27)31(29,30)26-10-8-15(12-26)18-6-5-17-20(22)24-25-21(17)23-18/h4-7,11,15H,2-3,8-10,12H2,1H3,(H3,22,23,24,25). The van der Waals surface area contributed by atoms with Crippen LogP contribution < -0.4 is 10.6 Å². The van der Waals surface area contributed by atoms with Gasteiger partial charge in [-0.05, 0) is 55.2 Å². The van der Waals surface area contributed by atoms with Crippen LogP contribution in [0.1, 0.15) is 36.9 Å². The quantitative estimate of drug-likeness (QED) is 0.642. The van der Waals surface area contributed by atoms with Crippen LogP contribution in [0.3, 0.4) is 0 Å². The summed E-state index contributed by atoms with van der Waals surface area (Å²) in [5.74, 6) is 0.449. The largest absolute Gasteiger partial charge is 0.384 e. The molecule has 9 nitrogen and oxygen atoms in total. The summed E-state index contributed by atoms with van der Waals surface area (Å²) in [5.41, 5.74) is 8.91. The van der Waals surface area contributed by atoms with Crippen LogP contribution >= 0.6 is 0 Å². The van der Waals surface area contributed by atoms with Gasteiger partial charge < -0.3 is 10.6 Å². The highest BCUT2D eigenvalue weighted by molar-refractivity contribution is 7.89. The van der Waals surface area contributed by atoms with Gasteiger partial charge in [-0.25, -0.2) is 13.4 Å².